The highest BCUT2D eigenvalue weighted by molar-refractivity contribution is 5.81. The first kappa shape index (κ1) is 23.4. The molecule has 0 radical (unpaired) electrons. The van der Waals surface area contributed by atoms with Crippen molar-refractivity contribution in [3.63, 3.8) is 0 Å². The Labute approximate surface area is 181 Å². The minimum atomic E-state index is -5.04. The summed E-state index contributed by atoms with van der Waals surface area (Å²) in [4.78, 5) is 43.6. The van der Waals surface area contributed by atoms with Crippen LogP contribution in [0.1, 0.15) is 19.9 Å². The van der Waals surface area contributed by atoms with Crippen LogP contribution in [0.3, 0.4) is 0 Å². The molecule has 0 bridgehead atoms. The minimum Gasteiger partial charge on any atom is -0.346 e. The number of carbonyl (C=O) groups is 1. The van der Waals surface area contributed by atoms with Crippen LogP contribution in [0.2, 0.25) is 0 Å². The fourth-order valence-electron chi connectivity index (χ4n) is 3.55. The molecule has 2 aromatic rings. The normalized spacial score (nSPS) is 15.4. The fraction of sp³-hybridized carbons (Fsp3) is 0.579. The number of anilines is 1. The van der Waals surface area contributed by atoms with Crippen LogP contribution in [0.5, 0.6) is 0 Å². The highest BCUT2D eigenvalue weighted by atomic mass is 19.4. The molecular formula is C19H24F3N7O3. The number of aromatic nitrogens is 4. The Hall–Kier alpha value is -3.27. The van der Waals surface area contributed by atoms with Gasteiger partial charge >= 0.3 is 17.8 Å². The van der Waals surface area contributed by atoms with Crippen LogP contribution in [0.4, 0.5) is 19.1 Å². The lowest BCUT2D eigenvalue weighted by Crippen LogP contribution is -2.44. The maximum absolute atomic E-state index is 13.0. The highest BCUT2D eigenvalue weighted by Gasteiger charge is 2.38. The van der Waals surface area contributed by atoms with Crippen molar-refractivity contribution in [3.05, 3.63) is 20.8 Å². The Morgan fingerprint density at radius 3 is 2.53 bits per heavy atom. The first-order chi connectivity index (χ1) is 15.1. The summed E-state index contributed by atoms with van der Waals surface area (Å²) >= 11 is 0. The van der Waals surface area contributed by atoms with Crippen molar-refractivity contribution in [2.75, 3.05) is 37.6 Å². The summed E-state index contributed by atoms with van der Waals surface area (Å²) in [5.74, 6) is 4.02. The molecule has 1 aliphatic heterocycles. The monoisotopic (exact) mass is 455 g/mol. The average Bonchev–Trinajstić information content (AvgIpc) is 3.13. The predicted molar refractivity (Wildman–Crippen MR) is 112 cm³/mol. The van der Waals surface area contributed by atoms with E-state index in [1.165, 1.54) is 14.0 Å². The van der Waals surface area contributed by atoms with E-state index in [2.05, 4.69) is 22.1 Å². The molecule has 0 aromatic carbocycles. The molecule has 1 aliphatic rings. The summed E-state index contributed by atoms with van der Waals surface area (Å²) in [5, 5.41) is 5.00. The number of piperazine rings is 1. The number of carbonyl (C=O) groups excluding carboxylic acids is 1. The number of hydrogen-bond acceptors (Lipinski definition) is 6. The molecule has 10 nitrogen and oxygen atoms in total. The second-order valence-corrected chi connectivity index (χ2v) is 7.41. The summed E-state index contributed by atoms with van der Waals surface area (Å²) in [6.07, 6.45) is -5.04. The first-order valence-corrected chi connectivity index (χ1v) is 10.00. The van der Waals surface area contributed by atoms with Crippen LogP contribution in [-0.4, -0.2) is 63.5 Å². The first-order valence-electron chi connectivity index (χ1n) is 10.00. The lowest BCUT2D eigenvalue weighted by atomic mass is 10.3. The second kappa shape index (κ2) is 9.07. The van der Waals surface area contributed by atoms with Gasteiger partial charge < -0.3 is 15.5 Å². The number of amides is 1. The maximum atomic E-state index is 13.0. The molecule has 32 heavy (non-hydrogen) atoms. The molecule has 0 aliphatic carbocycles. The standard InChI is InChI=1S/C19H24F3N7O3/c1-4-5-8-28-13-14(25-17(28)27-9-6-23-7-10-27)29(18(32)26(3)15(13)30)12(2)11-24-16(31)19(20,21)22/h12,23H,6-11H2,1-3H3,(H,24,31). The van der Waals surface area contributed by atoms with Crippen LogP contribution in [0.25, 0.3) is 11.2 Å². The van der Waals surface area contributed by atoms with Gasteiger partial charge in [-0.25, -0.2) is 4.79 Å². The summed E-state index contributed by atoms with van der Waals surface area (Å²) in [6.45, 7) is 5.44. The molecule has 13 heteroatoms. The van der Waals surface area contributed by atoms with E-state index < -0.39 is 35.9 Å². The maximum Gasteiger partial charge on any atom is 0.471 e. The van der Waals surface area contributed by atoms with E-state index in [9.17, 15) is 27.6 Å². The van der Waals surface area contributed by atoms with Gasteiger partial charge in [0.1, 0.15) is 0 Å². The quantitative estimate of drug-likeness (QED) is 0.593. The van der Waals surface area contributed by atoms with Crippen LogP contribution in [0, 0.1) is 11.8 Å². The summed E-state index contributed by atoms with van der Waals surface area (Å²) in [7, 11) is 1.29. The number of fused-ring (bicyclic) bond motifs is 1. The predicted octanol–water partition coefficient (Wildman–Crippen LogP) is -0.431. The fourth-order valence-corrected chi connectivity index (χ4v) is 3.55. The van der Waals surface area contributed by atoms with Crippen molar-refractivity contribution in [2.24, 2.45) is 7.05 Å². The van der Waals surface area contributed by atoms with Gasteiger partial charge in [0.2, 0.25) is 5.95 Å². The number of halogens is 3. The Kier molecular flexibility index (Phi) is 6.63. The summed E-state index contributed by atoms with van der Waals surface area (Å²) in [6, 6.07) is -0.903. The third-order valence-electron chi connectivity index (χ3n) is 5.23. The van der Waals surface area contributed by atoms with Gasteiger partial charge in [-0.05, 0) is 13.8 Å². The molecule has 1 atom stereocenters. The molecule has 1 saturated heterocycles. The summed E-state index contributed by atoms with van der Waals surface area (Å²) in [5.41, 5.74) is -1.16. The van der Waals surface area contributed by atoms with Crippen molar-refractivity contribution in [2.45, 2.75) is 32.6 Å². The number of nitrogens with zero attached hydrogens (tertiary/aromatic N) is 5. The van der Waals surface area contributed by atoms with E-state index in [1.807, 2.05) is 4.90 Å². The third-order valence-corrected chi connectivity index (χ3v) is 5.23. The Morgan fingerprint density at radius 2 is 1.94 bits per heavy atom. The molecule has 2 aromatic heterocycles. The van der Waals surface area contributed by atoms with Crippen molar-refractivity contribution in [3.8, 4) is 11.8 Å². The van der Waals surface area contributed by atoms with Gasteiger partial charge in [0.15, 0.2) is 11.2 Å². The van der Waals surface area contributed by atoms with E-state index >= 15 is 0 Å². The SMILES string of the molecule is CC#CCn1c(N2CCNCC2)nc2c1c(=O)n(C)c(=O)n2C(C)CNC(=O)C(F)(F)F. The smallest absolute Gasteiger partial charge is 0.346 e. The van der Waals surface area contributed by atoms with E-state index in [0.717, 1.165) is 9.13 Å². The van der Waals surface area contributed by atoms with Gasteiger partial charge in [-0.3, -0.25) is 23.3 Å². The van der Waals surface area contributed by atoms with Crippen molar-refractivity contribution in [1.29, 1.82) is 0 Å². The third kappa shape index (κ3) is 4.36. The summed E-state index contributed by atoms with van der Waals surface area (Å²) < 4.78 is 41.3. The van der Waals surface area contributed by atoms with Crippen molar-refractivity contribution in [1.82, 2.24) is 29.3 Å². The molecule has 174 valence electrons. The molecule has 2 N–H and O–H groups in total. The number of alkyl halides is 3. The van der Waals surface area contributed by atoms with E-state index in [-0.39, 0.29) is 17.7 Å². The zero-order valence-corrected chi connectivity index (χ0v) is 17.9. The topological polar surface area (TPSA) is 106 Å². The number of imidazole rings is 1. The highest BCUT2D eigenvalue weighted by Crippen LogP contribution is 2.22. The molecule has 1 unspecified atom stereocenters. The van der Waals surface area contributed by atoms with Gasteiger partial charge in [-0.15, -0.1) is 5.92 Å². The van der Waals surface area contributed by atoms with Crippen LogP contribution in [-0.2, 0) is 18.4 Å². The molecule has 3 rings (SSSR count). The minimum absolute atomic E-state index is 0.0401. The van der Waals surface area contributed by atoms with E-state index in [0.29, 0.717) is 32.1 Å². The molecular weight excluding hydrogens is 431 g/mol. The lowest BCUT2D eigenvalue weighted by Gasteiger charge is -2.28. The number of hydrogen-bond donors (Lipinski definition) is 2. The van der Waals surface area contributed by atoms with Gasteiger partial charge in [0.25, 0.3) is 5.56 Å². The van der Waals surface area contributed by atoms with Crippen LogP contribution < -0.4 is 26.8 Å². The van der Waals surface area contributed by atoms with Gasteiger partial charge in [-0.1, -0.05) is 5.92 Å². The molecule has 0 saturated carbocycles. The van der Waals surface area contributed by atoms with Gasteiger partial charge in [-0.2, -0.15) is 18.2 Å². The van der Waals surface area contributed by atoms with Crippen LogP contribution >= 0.6 is 0 Å². The Morgan fingerprint density at radius 1 is 1.28 bits per heavy atom. The van der Waals surface area contributed by atoms with Gasteiger partial charge in [0, 0.05) is 39.8 Å². The Bertz CT molecular complexity index is 1190. The molecule has 0 spiro atoms. The molecule has 3 heterocycles. The van der Waals surface area contributed by atoms with Crippen molar-refractivity contribution >= 4 is 23.0 Å². The Balaban J connectivity index is 2.17. The lowest BCUT2D eigenvalue weighted by molar-refractivity contribution is -0.173. The number of nitrogens with one attached hydrogen (secondary N) is 2. The second-order valence-electron chi connectivity index (χ2n) is 7.41. The van der Waals surface area contributed by atoms with Crippen LogP contribution in [0.15, 0.2) is 9.59 Å². The average molecular weight is 455 g/mol. The zero-order chi connectivity index (χ0) is 23.6. The molecule has 1 amide bonds. The molecule has 1 fully saturated rings. The number of rotatable bonds is 5. The van der Waals surface area contributed by atoms with E-state index in [1.54, 1.807) is 16.8 Å². The van der Waals surface area contributed by atoms with E-state index in [4.69, 9.17) is 0 Å². The zero-order valence-electron chi connectivity index (χ0n) is 17.9. The largest absolute Gasteiger partial charge is 0.471 e. The van der Waals surface area contributed by atoms with Gasteiger partial charge in [0.05, 0.1) is 12.6 Å². The van der Waals surface area contributed by atoms with Crippen molar-refractivity contribution < 1.29 is 18.0 Å².